The van der Waals surface area contributed by atoms with E-state index in [4.69, 9.17) is 0 Å². The van der Waals surface area contributed by atoms with Crippen LogP contribution in [0.2, 0.25) is 0 Å². The molecule has 0 atom stereocenters. The molecular formula is C13H14OS2. The summed E-state index contributed by atoms with van der Waals surface area (Å²) in [4.78, 5) is 16.4. The van der Waals surface area contributed by atoms with E-state index in [1.54, 1.807) is 22.7 Å². The molecule has 2 aromatic heterocycles. The molecule has 0 aliphatic carbocycles. The van der Waals surface area contributed by atoms with Crippen molar-refractivity contribution in [2.75, 3.05) is 0 Å². The summed E-state index contributed by atoms with van der Waals surface area (Å²) in [5.41, 5.74) is 0. The lowest BCUT2D eigenvalue weighted by Gasteiger charge is -1.92. The summed E-state index contributed by atoms with van der Waals surface area (Å²) < 4.78 is 0. The highest BCUT2D eigenvalue weighted by Crippen LogP contribution is 2.24. The van der Waals surface area contributed by atoms with Gasteiger partial charge in [0, 0.05) is 9.75 Å². The Balaban J connectivity index is 2.24. The summed E-state index contributed by atoms with van der Waals surface area (Å²) in [5.74, 6) is 0.175. The van der Waals surface area contributed by atoms with Crippen molar-refractivity contribution in [3.63, 3.8) is 0 Å². The number of hydrogen-bond donors (Lipinski definition) is 0. The fraction of sp³-hybridized carbons (Fsp3) is 0.308. The third kappa shape index (κ3) is 2.25. The van der Waals surface area contributed by atoms with Gasteiger partial charge in [-0.15, -0.1) is 22.7 Å². The number of thiophene rings is 2. The van der Waals surface area contributed by atoms with Crippen LogP contribution < -0.4 is 0 Å². The molecule has 0 unspecified atom stereocenters. The molecule has 2 rings (SSSR count). The molecule has 3 heteroatoms. The second-order valence-corrected chi connectivity index (χ2v) is 5.90. The Bertz CT molecular complexity index is 449. The molecule has 0 fully saturated rings. The van der Waals surface area contributed by atoms with Gasteiger partial charge in [0.2, 0.25) is 5.78 Å². The van der Waals surface area contributed by atoms with Gasteiger partial charge in [0.15, 0.2) is 0 Å². The van der Waals surface area contributed by atoms with E-state index in [1.807, 2.05) is 24.3 Å². The smallest absolute Gasteiger partial charge is 0.212 e. The molecule has 2 heterocycles. The lowest BCUT2D eigenvalue weighted by atomic mass is 10.2. The molecule has 0 aliphatic rings. The molecule has 0 amide bonds. The van der Waals surface area contributed by atoms with E-state index in [0.717, 1.165) is 22.6 Å². The zero-order valence-corrected chi connectivity index (χ0v) is 11.1. The first-order valence-electron chi connectivity index (χ1n) is 5.46. The van der Waals surface area contributed by atoms with Crippen LogP contribution in [-0.4, -0.2) is 5.78 Å². The third-order valence-electron chi connectivity index (χ3n) is 2.47. The fourth-order valence-electron chi connectivity index (χ4n) is 1.50. The van der Waals surface area contributed by atoms with E-state index < -0.39 is 0 Å². The van der Waals surface area contributed by atoms with Crippen LogP contribution in [-0.2, 0) is 12.8 Å². The third-order valence-corrected chi connectivity index (χ3v) is 4.92. The van der Waals surface area contributed by atoms with Gasteiger partial charge in [-0.3, -0.25) is 4.79 Å². The van der Waals surface area contributed by atoms with E-state index >= 15 is 0 Å². The van der Waals surface area contributed by atoms with Gasteiger partial charge in [0.1, 0.15) is 0 Å². The molecule has 0 aliphatic heterocycles. The highest BCUT2D eigenvalue weighted by atomic mass is 32.1. The largest absolute Gasteiger partial charge is 0.287 e. The summed E-state index contributed by atoms with van der Waals surface area (Å²) in [6.07, 6.45) is 2.01. The standard InChI is InChI=1S/C13H14OS2/c1-3-9-5-7-11(15-9)13(14)12-8-6-10(4-2)16-12/h5-8H,3-4H2,1-2H3. The summed E-state index contributed by atoms with van der Waals surface area (Å²) in [7, 11) is 0. The van der Waals surface area contributed by atoms with E-state index in [0.29, 0.717) is 0 Å². The van der Waals surface area contributed by atoms with Crippen molar-refractivity contribution in [2.24, 2.45) is 0 Å². The van der Waals surface area contributed by atoms with Gasteiger partial charge < -0.3 is 0 Å². The normalized spacial score (nSPS) is 10.6. The van der Waals surface area contributed by atoms with E-state index in [-0.39, 0.29) is 5.78 Å². The van der Waals surface area contributed by atoms with E-state index in [9.17, 15) is 4.79 Å². The van der Waals surface area contributed by atoms with Crippen molar-refractivity contribution in [1.29, 1.82) is 0 Å². The average molecular weight is 250 g/mol. The number of carbonyl (C=O) groups excluding carboxylic acids is 1. The number of rotatable bonds is 4. The lowest BCUT2D eigenvalue weighted by molar-refractivity contribution is 0.104. The van der Waals surface area contributed by atoms with Crippen molar-refractivity contribution in [3.05, 3.63) is 43.8 Å². The second kappa shape index (κ2) is 4.93. The van der Waals surface area contributed by atoms with Gasteiger partial charge in [-0.05, 0) is 37.1 Å². The van der Waals surface area contributed by atoms with Crippen LogP contribution in [0.5, 0.6) is 0 Å². The molecule has 0 saturated carbocycles. The van der Waals surface area contributed by atoms with Crippen LogP contribution in [0.1, 0.15) is 38.2 Å². The van der Waals surface area contributed by atoms with Gasteiger partial charge in [0.05, 0.1) is 9.75 Å². The minimum absolute atomic E-state index is 0.175. The average Bonchev–Trinajstić information content (AvgIpc) is 2.97. The van der Waals surface area contributed by atoms with Crippen LogP contribution >= 0.6 is 22.7 Å². The van der Waals surface area contributed by atoms with Gasteiger partial charge in [-0.1, -0.05) is 13.8 Å². The zero-order chi connectivity index (χ0) is 11.5. The highest BCUT2D eigenvalue weighted by Gasteiger charge is 2.13. The minimum atomic E-state index is 0.175. The highest BCUT2D eigenvalue weighted by molar-refractivity contribution is 7.17. The summed E-state index contributed by atoms with van der Waals surface area (Å²) >= 11 is 3.22. The number of hydrogen-bond acceptors (Lipinski definition) is 3. The van der Waals surface area contributed by atoms with Gasteiger partial charge in [-0.25, -0.2) is 0 Å². The molecule has 0 N–H and O–H groups in total. The molecule has 84 valence electrons. The quantitative estimate of drug-likeness (QED) is 0.744. The zero-order valence-electron chi connectivity index (χ0n) is 9.45. The predicted molar refractivity (Wildman–Crippen MR) is 70.8 cm³/mol. The van der Waals surface area contributed by atoms with Crippen molar-refractivity contribution < 1.29 is 4.79 Å². The molecule has 0 aromatic carbocycles. The molecule has 0 bridgehead atoms. The Labute approximate surface area is 104 Å². The Morgan fingerprint density at radius 2 is 1.38 bits per heavy atom. The van der Waals surface area contributed by atoms with Crippen molar-refractivity contribution in [2.45, 2.75) is 26.7 Å². The molecule has 16 heavy (non-hydrogen) atoms. The lowest BCUT2D eigenvalue weighted by Crippen LogP contribution is -1.93. The molecule has 2 aromatic rings. The van der Waals surface area contributed by atoms with Crippen LogP contribution in [0.15, 0.2) is 24.3 Å². The monoisotopic (exact) mass is 250 g/mol. The van der Waals surface area contributed by atoms with E-state index in [1.165, 1.54) is 9.75 Å². The van der Waals surface area contributed by atoms with Crippen LogP contribution in [0, 0.1) is 0 Å². The topological polar surface area (TPSA) is 17.1 Å². The minimum Gasteiger partial charge on any atom is -0.287 e. The predicted octanol–water partition coefficient (Wildman–Crippen LogP) is 4.17. The molecule has 0 spiro atoms. The first kappa shape index (κ1) is 11.6. The Morgan fingerprint density at radius 1 is 0.938 bits per heavy atom. The Hall–Kier alpha value is -0.930. The Kier molecular flexibility index (Phi) is 3.56. The number of aryl methyl sites for hydroxylation is 2. The molecular weight excluding hydrogens is 236 g/mol. The van der Waals surface area contributed by atoms with Crippen molar-refractivity contribution in [3.8, 4) is 0 Å². The first-order chi connectivity index (χ1) is 7.74. The van der Waals surface area contributed by atoms with Gasteiger partial charge in [0.25, 0.3) is 0 Å². The first-order valence-corrected chi connectivity index (χ1v) is 7.10. The molecule has 0 saturated heterocycles. The maximum Gasteiger partial charge on any atom is 0.212 e. The number of ketones is 1. The summed E-state index contributed by atoms with van der Waals surface area (Å²) in [5, 5.41) is 0. The summed E-state index contributed by atoms with van der Waals surface area (Å²) in [6, 6.07) is 7.98. The van der Waals surface area contributed by atoms with Crippen LogP contribution in [0.3, 0.4) is 0 Å². The van der Waals surface area contributed by atoms with Crippen LogP contribution in [0.25, 0.3) is 0 Å². The second-order valence-electron chi connectivity index (χ2n) is 3.57. The molecule has 1 nitrogen and oxygen atoms in total. The van der Waals surface area contributed by atoms with Gasteiger partial charge in [-0.2, -0.15) is 0 Å². The maximum absolute atomic E-state index is 12.1. The Morgan fingerprint density at radius 3 is 1.69 bits per heavy atom. The fourth-order valence-corrected chi connectivity index (χ4v) is 3.37. The molecule has 0 radical (unpaired) electrons. The van der Waals surface area contributed by atoms with Crippen LogP contribution in [0.4, 0.5) is 0 Å². The van der Waals surface area contributed by atoms with Crippen molar-refractivity contribution in [1.82, 2.24) is 0 Å². The van der Waals surface area contributed by atoms with E-state index in [2.05, 4.69) is 13.8 Å². The maximum atomic E-state index is 12.1. The summed E-state index contributed by atoms with van der Waals surface area (Å²) in [6.45, 7) is 4.22. The van der Waals surface area contributed by atoms with Gasteiger partial charge >= 0.3 is 0 Å². The number of carbonyl (C=O) groups is 1. The van der Waals surface area contributed by atoms with Crippen molar-refractivity contribution >= 4 is 28.5 Å². The SMILES string of the molecule is CCc1ccc(C(=O)c2ccc(CC)s2)s1.